The molecule has 1 aliphatic rings. The van der Waals surface area contributed by atoms with E-state index in [4.69, 9.17) is 5.11 Å². The fourth-order valence-electron chi connectivity index (χ4n) is 2.11. The van der Waals surface area contributed by atoms with Crippen molar-refractivity contribution >= 4 is 0 Å². The summed E-state index contributed by atoms with van der Waals surface area (Å²) in [5, 5.41) is 12.7. The maximum atomic E-state index is 9.15. The van der Waals surface area contributed by atoms with Gasteiger partial charge in [0.2, 0.25) is 0 Å². The molecule has 90 valence electrons. The summed E-state index contributed by atoms with van der Waals surface area (Å²) >= 11 is 0. The molecule has 0 heterocycles. The number of aliphatic hydroxyl groups excluding tert-OH is 1. The van der Waals surface area contributed by atoms with Crippen molar-refractivity contribution in [1.29, 1.82) is 0 Å². The lowest BCUT2D eigenvalue weighted by molar-refractivity contribution is 0.106. The summed E-state index contributed by atoms with van der Waals surface area (Å²) in [6.07, 6.45) is 4.21. The highest BCUT2D eigenvalue weighted by Crippen LogP contribution is 2.41. The van der Waals surface area contributed by atoms with Gasteiger partial charge in [-0.3, -0.25) is 0 Å². The van der Waals surface area contributed by atoms with E-state index in [2.05, 4.69) is 33.0 Å². The molecule has 2 N–H and O–H groups in total. The smallest absolute Gasteiger partial charge is 0.0494 e. The molecule has 0 atom stereocenters. The molecular weight excluding hydrogens is 186 g/mol. The zero-order valence-electron chi connectivity index (χ0n) is 10.8. The van der Waals surface area contributed by atoms with E-state index in [1.807, 2.05) is 0 Å². The highest BCUT2D eigenvalue weighted by molar-refractivity contribution is 4.86. The Bertz CT molecular complexity index is 195. The van der Waals surface area contributed by atoms with Gasteiger partial charge in [-0.15, -0.1) is 0 Å². The molecule has 0 radical (unpaired) electrons. The average molecular weight is 213 g/mol. The van der Waals surface area contributed by atoms with Crippen LogP contribution in [-0.2, 0) is 0 Å². The second-order valence-electron chi connectivity index (χ2n) is 6.54. The molecule has 0 saturated heterocycles. The van der Waals surface area contributed by atoms with Crippen molar-refractivity contribution in [1.82, 2.24) is 5.32 Å². The Morgan fingerprint density at radius 3 is 2.13 bits per heavy atom. The Morgan fingerprint density at radius 1 is 1.13 bits per heavy atom. The molecule has 0 aromatic rings. The van der Waals surface area contributed by atoms with Gasteiger partial charge in [0.15, 0.2) is 0 Å². The minimum atomic E-state index is 0.00962. The van der Waals surface area contributed by atoms with Crippen LogP contribution in [0.4, 0.5) is 0 Å². The third kappa shape index (κ3) is 3.76. The Kier molecular flexibility index (Phi) is 4.19. The molecule has 0 aromatic carbocycles. The second kappa shape index (κ2) is 4.84. The Morgan fingerprint density at radius 2 is 1.73 bits per heavy atom. The van der Waals surface area contributed by atoms with Crippen LogP contribution in [-0.4, -0.2) is 24.8 Å². The van der Waals surface area contributed by atoms with Crippen LogP contribution >= 0.6 is 0 Å². The fraction of sp³-hybridized carbons (Fsp3) is 1.00. The standard InChI is InChI=1S/C13H27NO/c1-12(2,10-15)8-14-9-13(3,4)11-6-5-7-11/h11,14-15H,5-10H2,1-4H3. The summed E-state index contributed by atoms with van der Waals surface area (Å²) < 4.78 is 0. The van der Waals surface area contributed by atoms with Gasteiger partial charge in [0.05, 0.1) is 0 Å². The Labute approximate surface area is 94.5 Å². The lowest BCUT2D eigenvalue weighted by atomic mass is 9.67. The van der Waals surface area contributed by atoms with E-state index in [1.54, 1.807) is 0 Å². The van der Waals surface area contributed by atoms with Gasteiger partial charge in [0.25, 0.3) is 0 Å². The highest BCUT2D eigenvalue weighted by atomic mass is 16.3. The summed E-state index contributed by atoms with van der Waals surface area (Å²) in [7, 11) is 0. The Hall–Kier alpha value is -0.0800. The van der Waals surface area contributed by atoms with E-state index in [0.29, 0.717) is 5.41 Å². The average Bonchev–Trinajstić information content (AvgIpc) is 1.99. The lowest BCUT2D eigenvalue weighted by Crippen LogP contribution is -2.42. The van der Waals surface area contributed by atoms with Crippen LogP contribution in [0.2, 0.25) is 0 Å². The van der Waals surface area contributed by atoms with Crippen molar-refractivity contribution in [2.75, 3.05) is 19.7 Å². The molecule has 0 aromatic heterocycles. The molecule has 0 bridgehead atoms. The first-order valence-corrected chi connectivity index (χ1v) is 6.19. The van der Waals surface area contributed by atoms with Gasteiger partial charge in [-0.1, -0.05) is 34.1 Å². The molecule has 1 saturated carbocycles. The summed E-state index contributed by atoms with van der Waals surface area (Å²) in [6, 6.07) is 0. The van der Waals surface area contributed by atoms with Crippen LogP contribution in [0.25, 0.3) is 0 Å². The van der Waals surface area contributed by atoms with Gasteiger partial charge in [-0.2, -0.15) is 0 Å². The summed E-state index contributed by atoms with van der Waals surface area (Å²) in [4.78, 5) is 0. The van der Waals surface area contributed by atoms with Gasteiger partial charge < -0.3 is 10.4 Å². The van der Waals surface area contributed by atoms with E-state index in [1.165, 1.54) is 19.3 Å². The van der Waals surface area contributed by atoms with E-state index >= 15 is 0 Å². The molecule has 0 aliphatic heterocycles. The molecule has 1 aliphatic carbocycles. The van der Waals surface area contributed by atoms with Crippen LogP contribution in [0.5, 0.6) is 0 Å². The third-order valence-electron chi connectivity index (χ3n) is 3.82. The molecule has 1 fully saturated rings. The molecule has 0 spiro atoms. The van der Waals surface area contributed by atoms with Gasteiger partial charge in [0.1, 0.15) is 0 Å². The molecular formula is C13H27NO. The monoisotopic (exact) mass is 213 g/mol. The predicted octanol–water partition coefficient (Wildman–Crippen LogP) is 2.42. The number of aliphatic hydroxyl groups is 1. The van der Waals surface area contributed by atoms with Crippen molar-refractivity contribution in [3.8, 4) is 0 Å². The van der Waals surface area contributed by atoms with E-state index in [9.17, 15) is 0 Å². The van der Waals surface area contributed by atoms with Gasteiger partial charge in [-0.05, 0) is 24.2 Å². The number of hydrogen-bond acceptors (Lipinski definition) is 2. The van der Waals surface area contributed by atoms with Crippen LogP contribution < -0.4 is 5.32 Å². The molecule has 2 heteroatoms. The van der Waals surface area contributed by atoms with E-state index < -0.39 is 0 Å². The minimum Gasteiger partial charge on any atom is -0.396 e. The number of rotatable bonds is 6. The third-order valence-corrected chi connectivity index (χ3v) is 3.82. The molecule has 1 rings (SSSR count). The van der Waals surface area contributed by atoms with Crippen molar-refractivity contribution < 1.29 is 5.11 Å². The first-order chi connectivity index (χ1) is 6.87. The number of hydrogen-bond donors (Lipinski definition) is 2. The number of nitrogens with one attached hydrogen (secondary N) is 1. The topological polar surface area (TPSA) is 32.3 Å². The van der Waals surface area contributed by atoms with Crippen LogP contribution in [0, 0.1) is 16.7 Å². The van der Waals surface area contributed by atoms with Crippen LogP contribution in [0.1, 0.15) is 47.0 Å². The van der Waals surface area contributed by atoms with E-state index in [-0.39, 0.29) is 12.0 Å². The summed E-state index contributed by atoms with van der Waals surface area (Å²) in [5.41, 5.74) is 0.430. The predicted molar refractivity (Wildman–Crippen MR) is 64.9 cm³/mol. The first-order valence-electron chi connectivity index (χ1n) is 6.19. The zero-order valence-corrected chi connectivity index (χ0v) is 10.8. The minimum absolute atomic E-state index is 0.00962. The van der Waals surface area contributed by atoms with Gasteiger partial charge in [-0.25, -0.2) is 0 Å². The first kappa shape index (κ1) is 13.0. The van der Waals surface area contributed by atoms with Crippen molar-refractivity contribution in [2.45, 2.75) is 47.0 Å². The second-order valence-corrected chi connectivity index (χ2v) is 6.54. The Balaban J connectivity index is 2.24. The fourth-order valence-corrected chi connectivity index (χ4v) is 2.11. The summed E-state index contributed by atoms with van der Waals surface area (Å²) in [6.45, 7) is 11.1. The SMILES string of the molecule is CC(C)(CO)CNCC(C)(C)C1CCC1. The molecule has 2 nitrogen and oxygen atoms in total. The van der Waals surface area contributed by atoms with Gasteiger partial charge in [0, 0.05) is 25.1 Å². The van der Waals surface area contributed by atoms with Crippen molar-refractivity contribution in [3.63, 3.8) is 0 Å². The summed E-state index contributed by atoms with van der Waals surface area (Å²) in [5.74, 6) is 0.905. The maximum Gasteiger partial charge on any atom is 0.0494 e. The van der Waals surface area contributed by atoms with Crippen molar-refractivity contribution in [3.05, 3.63) is 0 Å². The zero-order chi connectivity index (χ0) is 11.5. The highest BCUT2D eigenvalue weighted by Gasteiger charge is 2.33. The maximum absolute atomic E-state index is 9.15. The largest absolute Gasteiger partial charge is 0.396 e. The quantitative estimate of drug-likeness (QED) is 0.710. The normalized spacial score (nSPS) is 19.0. The molecule has 15 heavy (non-hydrogen) atoms. The lowest BCUT2D eigenvalue weighted by Gasteiger charge is -2.41. The van der Waals surface area contributed by atoms with Crippen molar-refractivity contribution in [2.24, 2.45) is 16.7 Å². The van der Waals surface area contributed by atoms with Crippen LogP contribution in [0.3, 0.4) is 0 Å². The molecule has 0 amide bonds. The van der Waals surface area contributed by atoms with E-state index in [0.717, 1.165) is 19.0 Å². The van der Waals surface area contributed by atoms with Gasteiger partial charge >= 0.3 is 0 Å². The molecule has 0 unspecified atom stereocenters. The van der Waals surface area contributed by atoms with Crippen LogP contribution in [0.15, 0.2) is 0 Å².